The highest BCUT2D eigenvalue weighted by atomic mass is 35.5. The topological polar surface area (TPSA) is 50.2 Å². The summed E-state index contributed by atoms with van der Waals surface area (Å²) in [6, 6.07) is 1.59. The van der Waals surface area contributed by atoms with E-state index in [1.54, 1.807) is 13.0 Å². The maximum Gasteiger partial charge on any atom is 0.336 e. The number of carbonyl (C=O) groups is 1. The second-order valence-corrected chi connectivity index (χ2v) is 3.49. The predicted molar refractivity (Wildman–Crippen MR) is 54.9 cm³/mol. The van der Waals surface area contributed by atoms with Crippen molar-refractivity contribution in [2.45, 2.75) is 26.7 Å². The maximum atomic E-state index is 10.8. The molecule has 1 N–H and O–H groups in total. The standard InChI is InChI=1S/C10H12ClNO2/c1-3-4-7-5-8(10(13)14)6(2)9(11)12-7/h5H,3-4H2,1-2H3,(H,13,14). The SMILES string of the molecule is CCCc1cc(C(=O)O)c(C)c(Cl)n1. The predicted octanol–water partition coefficient (Wildman–Crippen LogP) is 2.69. The van der Waals surface area contributed by atoms with Crippen LogP contribution in [0, 0.1) is 6.92 Å². The Balaban J connectivity index is 3.21. The lowest BCUT2D eigenvalue weighted by Gasteiger charge is -2.05. The van der Waals surface area contributed by atoms with Crippen LogP contribution in [0.4, 0.5) is 0 Å². The quantitative estimate of drug-likeness (QED) is 0.786. The van der Waals surface area contributed by atoms with E-state index in [2.05, 4.69) is 4.98 Å². The van der Waals surface area contributed by atoms with Gasteiger partial charge in [-0.25, -0.2) is 9.78 Å². The molecule has 0 aliphatic carbocycles. The number of carboxylic acid groups (broad SMARTS) is 1. The Bertz CT molecular complexity index is 363. The second kappa shape index (κ2) is 4.42. The van der Waals surface area contributed by atoms with E-state index in [1.807, 2.05) is 6.92 Å². The van der Waals surface area contributed by atoms with Gasteiger partial charge in [0.15, 0.2) is 0 Å². The monoisotopic (exact) mass is 213 g/mol. The molecule has 0 unspecified atom stereocenters. The van der Waals surface area contributed by atoms with Crippen molar-refractivity contribution in [2.75, 3.05) is 0 Å². The van der Waals surface area contributed by atoms with Crippen molar-refractivity contribution >= 4 is 17.6 Å². The molecule has 0 saturated carbocycles. The van der Waals surface area contributed by atoms with E-state index < -0.39 is 5.97 Å². The van der Waals surface area contributed by atoms with Gasteiger partial charge in [0.05, 0.1) is 5.56 Å². The van der Waals surface area contributed by atoms with Crippen LogP contribution in [0.25, 0.3) is 0 Å². The maximum absolute atomic E-state index is 10.8. The van der Waals surface area contributed by atoms with Crippen LogP contribution < -0.4 is 0 Å². The molecule has 0 spiro atoms. The number of aryl methyl sites for hydroxylation is 1. The number of halogens is 1. The van der Waals surface area contributed by atoms with Crippen molar-refractivity contribution < 1.29 is 9.90 Å². The lowest BCUT2D eigenvalue weighted by atomic mass is 10.1. The van der Waals surface area contributed by atoms with Crippen LogP contribution >= 0.6 is 11.6 Å². The number of pyridine rings is 1. The van der Waals surface area contributed by atoms with E-state index >= 15 is 0 Å². The molecule has 0 aliphatic rings. The fourth-order valence-corrected chi connectivity index (χ4v) is 1.44. The third kappa shape index (κ3) is 2.23. The van der Waals surface area contributed by atoms with Crippen molar-refractivity contribution in [2.24, 2.45) is 0 Å². The molecule has 0 aliphatic heterocycles. The fraction of sp³-hybridized carbons (Fsp3) is 0.400. The zero-order valence-corrected chi connectivity index (χ0v) is 8.93. The summed E-state index contributed by atoms with van der Waals surface area (Å²) >= 11 is 5.82. The molecule has 0 bridgehead atoms. The van der Waals surface area contributed by atoms with Crippen molar-refractivity contribution in [3.8, 4) is 0 Å². The number of aromatic nitrogens is 1. The molecule has 1 heterocycles. The van der Waals surface area contributed by atoms with E-state index in [4.69, 9.17) is 16.7 Å². The zero-order chi connectivity index (χ0) is 10.7. The minimum atomic E-state index is -0.954. The summed E-state index contributed by atoms with van der Waals surface area (Å²) in [6.45, 7) is 3.67. The van der Waals surface area contributed by atoms with Gasteiger partial charge in [0.2, 0.25) is 0 Å². The van der Waals surface area contributed by atoms with Gasteiger partial charge in [0, 0.05) is 11.3 Å². The molecule has 1 rings (SSSR count). The molecule has 0 radical (unpaired) electrons. The zero-order valence-electron chi connectivity index (χ0n) is 8.17. The summed E-state index contributed by atoms with van der Waals surface area (Å²) in [5.41, 5.74) is 1.51. The summed E-state index contributed by atoms with van der Waals surface area (Å²) in [6.07, 6.45) is 1.67. The third-order valence-electron chi connectivity index (χ3n) is 2.00. The van der Waals surface area contributed by atoms with Gasteiger partial charge in [-0.1, -0.05) is 24.9 Å². The molecule has 0 atom stereocenters. The van der Waals surface area contributed by atoms with Crippen LogP contribution in [-0.2, 0) is 6.42 Å². The normalized spacial score (nSPS) is 10.2. The number of aromatic carboxylic acids is 1. The third-order valence-corrected chi connectivity index (χ3v) is 2.37. The number of hydrogen-bond acceptors (Lipinski definition) is 2. The molecule has 3 nitrogen and oxygen atoms in total. The Labute approximate surface area is 87.7 Å². The van der Waals surface area contributed by atoms with Gasteiger partial charge in [-0.2, -0.15) is 0 Å². The molecule has 0 saturated heterocycles. The highest BCUT2D eigenvalue weighted by molar-refractivity contribution is 6.30. The van der Waals surface area contributed by atoms with Gasteiger partial charge in [-0.15, -0.1) is 0 Å². The number of hydrogen-bond donors (Lipinski definition) is 1. The highest BCUT2D eigenvalue weighted by Crippen LogP contribution is 2.18. The van der Waals surface area contributed by atoms with Gasteiger partial charge in [-0.3, -0.25) is 0 Å². The Morgan fingerprint density at radius 1 is 1.64 bits per heavy atom. The molecule has 0 amide bonds. The minimum absolute atomic E-state index is 0.244. The van der Waals surface area contributed by atoms with Gasteiger partial charge >= 0.3 is 5.97 Å². The van der Waals surface area contributed by atoms with Crippen LogP contribution in [0.2, 0.25) is 5.15 Å². The number of nitrogens with zero attached hydrogens (tertiary/aromatic N) is 1. The lowest BCUT2D eigenvalue weighted by Crippen LogP contribution is -2.04. The van der Waals surface area contributed by atoms with Crippen LogP contribution in [0.3, 0.4) is 0 Å². The molecule has 76 valence electrons. The van der Waals surface area contributed by atoms with Crippen LogP contribution in [0.15, 0.2) is 6.07 Å². The number of carboxylic acids is 1. The van der Waals surface area contributed by atoms with Gasteiger partial charge < -0.3 is 5.11 Å². The van der Waals surface area contributed by atoms with Crippen LogP contribution in [0.5, 0.6) is 0 Å². The van der Waals surface area contributed by atoms with E-state index in [0.29, 0.717) is 5.56 Å². The van der Waals surface area contributed by atoms with E-state index in [-0.39, 0.29) is 10.7 Å². The first-order chi connectivity index (χ1) is 6.56. The van der Waals surface area contributed by atoms with E-state index in [9.17, 15) is 4.79 Å². The summed E-state index contributed by atoms with van der Waals surface area (Å²) in [4.78, 5) is 15.0. The van der Waals surface area contributed by atoms with E-state index in [0.717, 1.165) is 18.5 Å². The van der Waals surface area contributed by atoms with Crippen LogP contribution in [-0.4, -0.2) is 16.1 Å². The minimum Gasteiger partial charge on any atom is -0.478 e. The summed E-state index contributed by atoms with van der Waals surface area (Å²) in [5, 5.41) is 9.18. The smallest absolute Gasteiger partial charge is 0.336 e. The molecule has 0 aromatic carbocycles. The van der Waals surface area contributed by atoms with Crippen molar-refractivity contribution in [3.05, 3.63) is 28.0 Å². The summed E-state index contributed by atoms with van der Waals surface area (Å²) in [7, 11) is 0. The molecule has 0 fully saturated rings. The molecular weight excluding hydrogens is 202 g/mol. The largest absolute Gasteiger partial charge is 0.478 e. The molecule has 14 heavy (non-hydrogen) atoms. The average molecular weight is 214 g/mol. The first-order valence-corrected chi connectivity index (χ1v) is 4.83. The summed E-state index contributed by atoms with van der Waals surface area (Å²) in [5.74, 6) is -0.954. The average Bonchev–Trinajstić information content (AvgIpc) is 2.11. The first kappa shape index (κ1) is 11.0. The Morgan fingerprint density at radius 2 is 2.29 bits per heavy atom. The van der Waals surface area contributed by atoms with Crippen molar-refractivity contribution in [3.63, 3.8) is 0 Å². The van der Waals surface area contributed by atoms with Gasteiger partial charge in [-0.05, 0) is 19.4 Å². The second-order valence-electron chi connectivity index (χ2n) is 3.13. The number of rotatable bonds is 3. The first-order valence-electron chi connectivity index (χ1n) is 4.45. The lowest BCUT2D eigenvalue weighted by molar-refractivity contribution is 0.0696. The van der Waals surface area contributed by atoms with Crippen molar-refractivity contribution in [1.29, 1.82) is 0 Å². The molecule has 1 aromatic rings. The van der Waals surface area contributed by atoms with Gasteiger partial charge in [0.25, 0.3) is 0 Å². The Kier molecular flexibility index (Phi) is 3.47. The van der Waals surface area contributed by atoms with Crippen LogP contribution in [0.1, 0.15) is 35.0 Å². The summed E-state index contributed by atoms with van der Waals surface area (Å²) < 4.78 is 0. The molecule has 1 aromatic heterocycles. The molecular formula is C10H12ClNO2. The Morgan fingerprint density at radius 3 is 2.79 bits per heavy atom. The molecule has 4 heteroatoms. The van der Waals surface area contributed by atoms with Crippen molar-refractivity contribution in [1.82, 2.24) is 4.98 Å². The fourth-order valence-electron chi connectivity index (χ4n) is 1.23. The van der Waals surface area contributed by atoms with Gasteiger partial charge in [0.1, 0.15) is 5.15 Å². The Hall–Kier alpha value is -1.09. The van der Waals surface area contributed by atoms with E-state index in [1.165, 1.54) is 0 Å². The highest BCUT2D eigenvalue weighted by Gasteiger charge is 2.12.